The Morgan fingerprint density at radius 3 is 1.02 bits per heavy atom. The molecule has 0 atom stereocenters. The van der Waals surface area contributed by atoms with Crippen LogP contribution in [0.1, 0.15) is 0 Å². The summed E-state index contributed by atoms with van der Waals surface area (Å²) in [6.45, 7) is 1.89. The first-order chi connectivity index (χ1) is 25.9. The molecule has 10 nitrogen and oxygen atoms in total. The van der Waals surface area contributed by atoms with E-state index in [9.17, 15) is 15.0 Å². The Morgan fingerprint density at radius 2 is 0.717 bits per heavy atom. The Balaban J connectivity index is 1.07. The van der Waals surface area contributed by atoms with Crippen LogP contribution in [0.3, 0.4) is 0 Å². The minimum atomic E-state index is -0.0855. The standard InChI is InChI=1S/C42H37N3O7S/c46-33-7-17-40(18-8-33)50-37-11-1-30(2-12-37)43-27-44(31-3-13-38(14-4-31)51-41-19-9-34(47)10-20-41)29-45(28-43)32-5-15-39(16-6-32)52-42-23-21-36(22-24-42)49-25-35(48)26-53/h1-24,46-47,53H,25-29H2. The Bertz CT molecular complexity index is 2000. The van der Waals surface area contributed by atoms with Crippen molar-refractivity contribution in [2.75, 3.05) is 47.1 Å². The van der Waals surface area contributed by atoms with Gasteiger partial charge in [-0.25, -0.2) is 0 Å². The first-order valence-corrected chi connectivity index (χ1v) is 17.5. The van der Waals surface area contributed by atoms with E-state index in [4.69, 9.17) is 18.9 Å². The van der Waals surface area contributed by atoms with E-state index in [0.29, 0.717) is 60.3 Å². The van der Waals surface area contributed by atoms with E-state index in [2.05, 4.69) is 27.3 Å². The van der Waals surface area contributed by atoms with Crippen molar-refractivity contribution >= 4 is 35.5 Å². The predicted octanol–water partition coefficient (Wildman–Crippen LogP) is 9.06. The summed E-state index contributed by atoms with van der Waals surface area (Å²) in [5.41, 5.74) is 3.06. The van der Waals surface area contributed by atoms with Gasteiger partial charge >= 0.3 is 0 Å². The number of hydrogen-bond acceptors (Lipinski definition) is 11. The van der Waals surface area contributed by atoms with Crippen molar-refractivity contribution in [3.05, 3.63) is 146 Å². The molecule has 0 aromatic heterocycles. The number of benzene rings is 6. The lowest BCUT2D eigenvalue weighted by molar-refractivity contribution is -0.118. The molecular formula is C42H37N3O7S. The number of rotatable bonds is 13. The van der Waals surface area contributed by atoms with Crippen LogP contribution in [0, 0.1) is 0 Å². The van der Waals surface area contributed by atoms with Crippen molar-refractivity contribution in [3.63, 3.8) is 0 Å². The molecule has 0 unspecified atom stereocenters. The lowest BCUT2D eigenvalue weighted by Crippen LogP contribution is -2.55. The monoisotopic (exact) mass is 727 g/mol. The zero-order chi connectivity index (χ0) is 36.6. The molecule has 0 radical (unpaired) electrons. The van der Waals surface area contributed by atoms with Crippen LogP contribution in [0.15, 0.2) is 146 Å². The molecule has 7 rings (SSSR count). The number of ketones is 1. The number of thiol groups is 1. The second kappa shape index (κ2) is 16.3. The maximum atomic E-state index is 11.5. The molecule has 1 heterocycles. The highest BCUT2D eigenvalue weighted by molar-refractivity contribution is 7.81. The van der Waals surface area contributed by atoms with Gasteiger partial charge in [-0.2, -0.15) is 12.6 Å². The average molecular weight is 728 g/mol. The minimum Gasteiger partial charge on any atom is -0.508 e. The Morgan fingerprint density at radius 1 is 0.453 bits per heavy atom. The van der Waals surface area contributed by atoms with E-state index in [1.54, 1.807) is 72.8 Å². The predicted molar refractivity (Wildman–Crippen MR) is 209 cm³/mol. The van der Waals surface area contributed by atoms with Crippen molar-refractivity contribution in [1.29, 1.82) is 0 Å². The summed E-state index contributed by atoms with van der Waals surface area (Å²) in [6.07, 6.45) is 0. The lowest BCUT2D eigenvalue weighted by atomic mass is 10.2. The van der Waals surface area contributed by atoms with Gasteiger partial charge in [0.2, 0.25) is 0 Å². The number of hydrogen-bond donors (Lipinski definition) is 3. The highest BCUT2D eigenvalue weighted by atomic mass is 32.1. The van der Waals surface area contributed by atoms with Crippen LogP contribution in [0.25, 0.3) is 0 Å². The highest BCUT2D eigenvalue weighted by Crippen LogP contribution is 2.33. The van der Waals surface area contributed by atoms with Gasteiger partial charge in [0.25, 0.3) is 0 Å². The fourth-order valence-electron chi connectivity index (χ4n) is 5.67. The SMILES string of the molecule is O=C(CS)COc1ccc(Oc2ccc(N3CN(c4ccc(Oc5ccc(O)cc5)cc4)CN(c4ccc(Oc5ccc(O)cc5)cc4)C3)cc2)cc1. The van der Waals surface area contributed by atoms with Crippen LogP contribution in [-0.2, 0) is 4.79 Å². The van der Waals surface area contributed by atoms with E-state index in [0.717, 1.165) is 17.1 Å². The third kappa shape index (κ3) is 9.26. The first-order valence-electron chi connectivity index (χ1n) is 16.9. The van der Waals surface area contributed by atoms with E-state index in [1.165, 1.54) is 0 Å². The van der Waals surface area contributed by atoms with Gasteiger partial charge in [0.05, 0.1) is 25.8 Å². The van der Waals surface area contributed by atoms with Crippen molar-refractivity contribution in [3.8, 4) is 51.7 Å². The zero-order valence-corrected chi connectivity index (χ0v) is 29.5. The van der Waals surface area contributed by atoms with Crippen LogP contribution in [0.2, 0.25) is 0 Å². The third-order valence-corrected chi connectivity index (χ3v) is 8.76. The molecule has 0 spiro atoms. The van der Waals surface area contributed by atoms with E-state index in [-0.39, 0.29) is 29.6 Å². The fraction of sp³-hybridized carbons (Fsp3) is 0.119. The number of ether oxygens (including phenoxy) is 4. The van der Waals surface area contributed by atoms with E-state index >= 15 is 0 Å². The summed E-state index contributed by atoms with van der Waals surface area (Å²) in [5, 5.41) is 19.2. The lowest BCUT2D eigenvalue weighted by Gasteiger charge is -2.45. The Labute approximate surface area is 313 Å². The summed E-state index contributed by atoms with van der Waals surface area (Å²) in [6, 6.07) is 44.3. The number of carbonyl (C=O) groups excluding carboxylic acids is 1. The minimum absolute atomic E-state index is 0.0159. The molecule has 0 saturated carbocycles. The molecular weight excluding hydrogens is 691 g/mol. The fourth-order valence-corrected chi connectivity index (χ4v) is 5.76. The first kappa shape index (κ1) is 35.0. The molecule has 1 fully saturated rings. The molecule has 1 aliphatic heterocycles. The van der Waals surface area contributed by atoms with Gasteiger partial charge < -0.3 is 43.9 Å². The molecule has 1 saturated heterocycles. The summed E-state index contributed by atoms with van der Waals surface area (Å²) in [5.74, 6) is 5.01. The number of Topliss-reactive ketones (excluding diaryl/α,β-unsaturated/α-hetero) is 1. The number of aromatic hydroxyl groups is 2. The van der Waals surface area contributed by atoms with Crippen molar-refractivity contribution in [1.82, 2.24) is 0 Å². The molecule has 53 heavy (non-hydrogen) atoms. The molecule has 0 aliphatic carbocycles. The van der Waals surface area contributed by atoms with Crippen LogP contribution in [-0.4, -0.2) is 48.4 Å². The summed E-state index contributed by atoms with van der Waals surface area (Å²) in [7, 11) is 0. The van der Waals surface area contributed by atoms with Crippen LogP contribution >= 0.6 is 12.6 Å². The molecule has 1 aliphatic rings. The number of phenolic OH excluding ortho intramolecular Hbond substituents is 2. The summed E-state index contributed by atoms with van der Waals surface area (Å²) in [4.78, 5) is 18.4. The quantitative estimate of drug-likeness (QED) is 0.0999. The zero-order valence-electron chi connectivity index (χ0n) is 28.6. The largest absolute Gasteiger partial charge is 0.508 e. The van der Waals surface area contributed by atoms with Crippen molar-refractivity contribution in [2.45, 2.75) is 0 Å². The second-order valence-corrected chi connectivity index (χ2v) is 12.6. The average Bonchev–Trinajstić information content (AvgIpc) is 3.20. The molecule has 6 aromatic carbocycles. The highest BCUT2D eigenvalue weighted by Gasteiger charge is 2.25. The van der Waals surface area contributed by atoms with Crippen LogP contribution < -0.4 is 33.6 Å². The normalized spacial score (nSPS) is 12.7. The molecule has 268 valence electrons. The van der Waals surface area contributed by atoms with Gasteiger partial charge in [0.15, 0.2) is 5.78 Å². The van der Waals surface area contributed by atoms with Gasteiger partial charge in [-0.05, 0) is 146 Å². The van der Waals surface area contributed by atoms with Gasteiger partial charge in [0.1, 0.15) is 58.4 Å². The number of nitrogens with zero attached hydrogens (tertiary/aromatic N) is 3. The molecule has 11 heteroatoms. The summed E-state index contributed by atoms with van der Waals surface area (Å²) >= 11 is 3.98. The van der Waals surface area contributed by atoms with Crippen molar-refractivity contribution < 1.29 is 34.0 Å². The second-order valence-electron chi connectivity index (χ2n) is 12.3. The maximum Gasteiger partial charge on any atom is 0.179 e. The number of carbonyl (C=O) groups is 1. The van der Waals surface area contributed by atoms with Gasteiger partial charge in [-0.1, -0.05) is 0 Å². The smallest absolute Gasteiger partial charge is 0.179 e. The molecule has 2 N–H and O–H groups in total. The molecule has 6 aromatic rings. The van der Waals surface area contributed by atoms with E-state index < -0.39 is 0 Å². The van der Waals surface area contributed by atoms with E-state index in [1.807, 2.05) is 72.8 Å². The molecule has 0 amide bonds. The maximum absolute atomic E-state index is 11.5. The van der Waals surface area contributed by atoms with Gasteiger partial charge in [-0.3, -0.25) is 4.79 Å². The van der Waals surface area contributed by atoms with Gasteiger partial charge in [0, 0.05) is 17.1 Å². The number of phenols is 2. The van der Waals surface area contributed by atoms with Crippen LogP contribution in [0.5, 0.6) is 51.7 Å². The van der Waals surface area contributed by atoms with Gasteiger partial charge in [-0.15, -0.1) is 0 Å². The summed E-state index contributed by atoms with van der Waals surface area (Å²) < 4.78 is 23.6. The topological polar surface area (TPSA) is 104 Å². The third-order valence-electron chi connectivity index (χ3n) is 8.41. The number of anilines is 3. The molecule has 0 bridgehead atoms. The Kier molecular flexibility index (Phi) is 10.7. The van der Waals surface area contributed by atoms with Crippen molar-refractivity contribution in [2.24, 2.45) is 0 Å². The van der Waals surface area contributed by atoms with Crippen LogP contribution in [0.4, 0.5) is 17.1 Å². The Hall–Kier alpha value is -6.46.